The van der Waals surface area contributed by atoms with E-state index in [0.717, 1.165) is 21.5 Å². The zero-order chi connectivity index (χ0) is 15.6. The summed E-state index contributed by atoms with van der Waals surface area (Å²) in [6.45, 7) is 0.116. The van der Waals surface area contributed by atoms with Crippen LogP contribution < -0.4 is 5.32 Å². The Morgan fingerprint density at radius 1 is 1.33 bits per heavy atom. The molecule has 2 rings (SSSR count). The topological polar surface area (TPSA) is 29.1 Å². The molecule has 1 N–H and O–H groups in total. The normalized spacial score (nSPS) is 11.5. The summed E-state index contributed by atoms with van der Waals surface area (Å²) in [4.78, 5) is 12.6. The van der Waals surface area contributed by atoms with Crippen molar-refractivity contribution in [3.8, 4) is 0 Å². The van der Waals surface area contributed by atoms with E-state index in [1.807, 2.05) is 0 Å². The van der Waals surface area contributed by atoms with Gasteiger partial charge in [-0.1, -0.05) is 6.07 Å². The highest BCUT2D eigenvalue weighted by molar-refractivity contribution is 9.10. The Balaban J connectivity index is 2.16. The van der Waals surface area contributed by atoms with E-state index >= 15 is 0 Å². The minimum Gasteiger partial charge on any atom is -0.347 e. The number of hydrogen-bond acceptors (Lipinski definition) is 2. The van der Waals surface area contributed by atoms with Crippen molar-refractivity contribution >= 4 is 33.2 Å². The Hall–Kier alpha value is -1.41. The second-order valence-electron chi connectivity index (χ2n) is 4.08. The first-order valence-corrected chi connectivity index (χ1v) is 7.33. The largest absolute Gasteiger partial charge is 0.419 e. The first-order chi connectivity index (χ1) is 9.79. The van der Waals surface area contributed by atoms with E-state index in [4.69, 9.17) is 0 Å². The molecule has 0 atom stereocenters. The van der Waals surface area contributed by atoms with Crippen molar-refractivity contribution in [2.75, 3.05) is 0 Å². The number of nitrogens with one attached hydrogen (secondary N) is 1. The second kappa shape index (κ2) is 6.15. The van der Waals surface area contributed by atoms with Crippen molar-refractivity contribution < 1.29 is 22.4 Å². The number of benzene rings is 1. The maximum Gasteiger partial charge on any atom is 0.419 e. The van der Waals surface area contributed by atoms with E-state index in [-0.39, 0.29) is 6.54 Å². The molecule has 0 unspecified atom stereocenters. The zero-order valence-corrected chi connectivity index (χ0v) is 12.7. The van der Waals surface area contributed by atoms with Crippen molar-refractivity contribution in [1.82, 2.24) is 5.32 Å². The summed E-state index contributed by atoms with van der Waals surface area (Å²) in [5, 5.41) is 4.19. The quantitative estimate of drug-likeness (QED) is 0.773. The predicted molar refractivity (Wildman–Crippen MR) is 74.6 cm³/mol. The van der Waals surface area contributed by atoms with Crippen LogP contribution in [0.4, 0.5) is 17.6 Å². The molecule has 0 radical (unpaired) electrons. The van der Waals surface area contributed by atoms with Gasteiger partial charge in [-0.15, -0.1) is 11.3 Å². The summed E-state index contributed by atoms with van der Waals surface area (Å²) in [5.41, 5.74) is -2.07. The van der Waals surface area contributed by atoms with Crippen molar-refractivity contribution in [1.29, 1.82) is 0 Å². The van der Waals surface area contributed by atoms with E-state index in [1.54, 1.807) is 11.4 Å². The van der Waals surface area contributed by atoms with Crippen LogP contribution in [-0.4, -0.2) is 5.91 Å². The lowest BCUT2D eigenvalue weighted by atomic mass is 10.1. The molecule has 112 valence electrons. The van der Waals surface area contributed by atoms with Crippen LogP contribution >= 0.6 is 27.3 Å². The molecule has 0 spiro atoms. The molecule has 1 aromatic carbocycles. The van der Waals surface area contributed by atoms with E-state index in [2.05, 4.69) is 21.2 Å². The highest BCUT2D eigenvalue weighted by atomic mass is 79.9. The van der Waals surface area contributed by atoms with E-state index < -0.39 is 29.0 Å². The van der Waals surface area contributed by atoms with Crippen LogP contribution in [0.15, 0.2) is 34.1 Å². The number of carbonyl (C=O) groups is 1. The molecule has 1 amide bonds. The zero-order valence-electron chi connectivity index (χ0n) is 10.3. The van der Waals surface area contributed by atoms with Crippen molar-refractivity contribution in [3.05, 3.63) is 55.9 Å². The highest BCUT2D eigenvalue weighted by Gasteiger charge is 2.35. The lowest BCUT2D eigenvalue weighted by Gasteiger charge is -2.11. The van der Waals surface area contributed by atoms with Crippen LogP contribution in [0.25, 0.3) is 0 Å². The number of halogens is 5. The van der Waals surface area contributed by atoms with Gasteiger partial charge < -0.3 is 5.32 Å². The molecule has 0 aliphatic heterocycles. The third-order valence-electron chi connectivity index (χ3n) is 2.59. The number of alkyl halides is 3. The standard InChI is InChI=1S/C13H8BrF4NOS/c14-7-4-8(21-6-7)5-19-12(20)9-2-1-3-10(11(9)15)13(16,17)18/h1-4,6H,5H2,(H,19,20). The summed E-state index contributed by atoms with van der Waals surface area (Å²) >= 11 is 4.60. The third-order valence-corrected chi connectivity index (χ3v) is 4.29. The summed E-state index contributed by atoms with van der Waals surface area (Å²) in [6.07, 6.45) is -4.83. The summed E-state index contributed by atoms with van der Waals surface area (Å²) in [7, 11) is 0. The fourth-order valence-corrected chi connectivity index (χ4v) is 3.03. The van der Waals surface area contributed by atoms with E-state index in [9.17, 15) is 22.4 Å². The number of thiophene rings is 1. The minimum atomic E-state index is -4.83. The van der Waals surface area contributed by atoms with Gasteiger partial charge in [0.2, 0.25) is 0 Å². The molecule has 21 heavy (non-hydrogen) atoms. The monoisotopic (exact) mass is 381 g/mol. The molecule has 2 aromatic rings. The first kappa shape index (κ1) is 16.0. The number of rotatable bonds is 3. The molecular weight excluding hydrogens is 374 g/mol. The van der Waals surface area contributed by atoms with Crippen LogP contribution in [0.3, 0.4) is 0 Å². The Kier molecular flexibility index (Phi) is 4.67. The molecule has 2 nitrogen and oxygen atoms in total. The van der Waals surface area contributed by atoms with Gasteiger partial charge in [0.1, 0.15) is 5.82 Å². The Morgan fingerprint density at radius 2 is 2.05 bits per heavy atom. The maximum absolute atomic E-state index is 13.8. The fourth-order valence-electron chi connectivity index (χ4n) is 1.64. The molecular formula is C13H8BrF4NOS. The molecule has 0 aliphatic rings. The third kappa shape index (κ3) is 3.82. The molecule has 1 heterocycles. The average molecular weight is 382 g/mol. The Morgan fingerprint density at radius 3 is 2.62 bits per heavy atom. The maximum atomic E-state index is 13.8. The summed E-state index contributed by atoms with van der Waals surface area (Å²) in [6, 6.07) is 4.38. The Bertz CT molecular complexity index is 668. The SMILES string of the molecule is O=C(NCc1cc(Br)cs1)c1cccc(C(F)(F)F)c1F. The van der Waals surface area contributed by atoms with Gasteiger partial charge in [-0.2, -0.15) is 13.2 Å². The molecule has 1 aromatic heterocycles. The molecule has 0 fully saturated rings. The first-order valence-electron chi connectivity index (χ1n) is 5.66. The smallest absolute Gasteiger partial charge is 0.347 e. The van der Waals surface area contributed by atoms with Crippen LogP contribution in [0.5, 0.6) is 0 Å². The van der Waals surface area contributed by atoms with E-state index in [0.29, 0.717) is 6.07 Å². The highest BCUT2D eigenvalue weighted by Crippen LogP contribution is 2.32. The number of carbonyl (C=O) groups excluding carboxylic acids is 1. The number of hydrogen-bond donors (Lipinski definition) is 1. The van der Waals surface area contributed by atoms with Gasteiger partial charge in [0.15, 0.2) is 0 Å². The number of amides is 1. The second-order valence-corrected chi connectivity index (χ2v) is 5.99. The average Bonchev–Trinajstić information content (AvgIpc) is 2.80. The van der Waals surface area contributed by atoms with Crippen LogP contribution in [0.2, 0.25) is 0 Å². The van der Waals surface area contributed by atoms with Crippen LogP contribution in [0.1, 0.15) is 20.8 Å². The van der Waals surface area contributed by atoms with Gasteiger partial charge in [-0.05, 0) is 34.1 Å². The van der Waals surface area contributed by atoms with Crippen LogP contribution in [0, 0.1) is 5.82 Å². The minimum absolute atomic E-state index is 0.116. The van der Waals surface area contributed by atoms with Crippen molar-refractivity contribution in [3.63, 3.8) is 0 Å². The van der Waals surface area contributed by atoms with Crippen LogP contribution in [-0.2, 0) is 12.7 Å². The van der Waals surface area contributed by atoms with E-state index in [1.165, 1.54) is 11.3 Å². The lowest BCUT2D eigenvalue weighted by molar-refractivity contribution is -0.140. The molecule has 8 heteroatoms. The van der Waals surface area contributed by atoms with Gasteiger partial charge in [0, 0.05) is 14.7 Å². The molecule has 0 aliphatic carbocycles. The predicted octanol–water partition coefficient (Wildman–Crippen LogP) is 4.60. The van der Waals surface area contributed by atoms with Crippen molar-refractivity contribution in [2.24, 2.45) is 0 Å². The summed E-state index contributed by atoms with van der Waals surface area (Å²) in [5.74, 6) is -2.45. The summed E-state index contributed by atoms with van der Waals surface area (Å²) < 4.78 is 52.3. The van der Waals surface area contributed by atoms with Gasteiger partial charge in [0.05, 0.1) is 17.7 Å². The lowest BCUT2D eigenvalue weighted by Crippen LogP contribution is -2.24. The van der Waals surface area contributed by atoms with Crippen molar-refractivity contribution in [2.45, 2.75) is 12.7 Å². The molecule has 0 saturated heterocycles. The van der Waals surface area contributed by atoms with Gasteiger partial charge in [-0.3, -0.25) is 4.79 Å². The molecule has 0 saturated carbocycles. The van der Waals surface area contributed by atoms with Gasteiger partial charge in [0.25, 0.3) is 5.91 Å². The van der Waals surface area contributed by atoms with Gasteiger partial charge in [-0.25, -0.2) is 4.39 Å². The fraction of sp³-hybridized carbons (Fsp3) is 0.154. The molecule has 0 bridgehead atoms. The Labute approximate surface area is 129 Å². The van der Waals surface area contributed by atoms with Gasteiger partial charge >= 0.3 is 6.18 Å².